The summed E-state index contributed by atoms with van der Waals surface area (Å²) in [6, 6.07) is 17.4. The van der Waals surface area contributed by atoms with Crippen LogP contribution in [0.25, 0.3) is 10.9 Å². The molecule has 0 aliphatic rings. The lowest BCUT2D eigenvalue weighted by molar-refractivity contribution is -0.121. The van der Waals surface area contributed by atoms with Gasteiger partial charge in [0.1, 0.15) is 17.4 Å². The number of aromatic nitrogens is 2. The molecule has 176 valence electrons. The summed E-state index contributed by atoms with van der Waals surface area (Å²) in [5.41, 5.74) is 1.87. The number of rotatable bonds is 10. The summed E-state index contributed by atoms with van der Waals surface area (Å²) in [7, 11) is 0. The number of nitrogens with one attached hydrogen (secondary N) is 1. The quantitative estimate of drug-likeness (QED) is 0.298. The van der Waals surface area contributed by atoms with Crippen LogP contribution in [0.3, 0.4) is 0 Å². The van der Waals surface area contributed by atoms with E-state index < -0.39 is 0 Å². The highest BCUT2D eigenvalue weighted by atomic mass is 35.5. The molecule has 2 aromatic carbocycles. The fourth-order valence-electron chi connectivity index (χ4n) is 3.74. The highest BCUT2D eigenvalue weighted by Gasteiger charge is 2.18. The third kappa shape index (κ3) is 6.07. The Balaban J connectivity index is 1.60. The number of halogens is 2. The fraction of sp³-hybridized carbons (Fsp3) is 0.269. The molecular weight excluding hydrogens is 471 g/mol. The van der Waals surface area contributed by atoms with E-state index in [0.29, 0.717) is 59.6 Å². The van der Waals surface area contributed by atoms with Crippen LogP contribution < -0.4 is 10.2 Å². The van der Waals surface area contributed by atoms with E-state index in [0.717, 1.165) is 17.6 Å². The van der Waals surface area contributed by atoms with E-state index in [1.807, 2.05) is 37.3 Å². The van der Waals surface area contributed by atoms with Crippen molar-refractivity contribution < 1.29 is 9.21 Å². The van der Waals surface area contributed by atoms with Gasteiger partial charge in [-0.25, -0.2) is 9.97 Å². The molecule has 0 saturated carbocycles. The first-order valence-electron chi connectivity index (χ1n) is 11.3. The molecule has 4 aromatic rings. The normalized spacial score (nSPS) is 11.0. The maximum atomic E-state index is 12.6. The van der Waals surface area contributed by atoms with Crippen LogP contribution in [-0.2, 0) is 24.2 Å². The summed E-state index contributed by atoms with van der Waals surface area (Å²) in [5, 5.41) is 4.69. The Morgan fingerprint density at radius 3 is 2.62 bits per heavy atom. The molecule has 2 heterocycles. The topological polar surface area (TPSA) is 71.3 Å². The Hall–Kier alpha value is -3.09. The molecular formula is C26H26Cl2N4O2. The van der Waals surface area contributed by atoms with Gasteiger partial charge in [0.05, 0.1) is 23.3 Å². The minimum absolute atomic E-state index is 0.0637. The standard InChI is InChI=1S/C26H26Cl2N4O2/c1-2-23-30-25-21(15-19(27)16-22(25)28)26(31-23)32(12-10-18-7-4-3-5-8-18)13-11-24(33)29-17-20-9-6-14-34-20/h3-9,14-16H,2,10-13,17H2,1H3,(H,29,33). The lowest BCUT2D eigenvalue weighted by Gasteiger charge is -2.26. The number of aryl methyl sites for hydroxylation is 1. The van der Waals surface area contributed by atoms with E-state index in [9.17, 15) is 4.79 Å². The van der Waals surface area contributed by atoms with Gasteiger partial charge in [-0.3, -0.25) is 4.79 Å². The molecule has 1 amide bonds. The van der Waals surface area contributed by atoms with Crippen LogP contribution >= 0.6 is 23.2 Å². The number of hydrogen-bond acceptors (Lipinski definition) is 5. The average molecular weight is 497 g/mol. The number of fused-ring (bicyclic) bond motifs is 1. The molecule has 0 aliphatic carbocycles. The van der Waals surface area contributed by atoms with Gasteiger partial charge in [-0.05, 0) is 36.2 Å². The van der Waals surface area contributed by atoms with E-state index in [4.69, 9.17) is 32.6 Å². The maximum absolute atomic E-state index is 12.6. The lowest BCUT2D eigenvalue weighted by Crippen LogP contribution is -2.33. The maximum Gasteiger partial charge on any atom is 0.222 e. The molecule has 0 saturated heterocycles. The highest BCUT2D eigenvalue weighted by Crippen LogP contribution is 2.32. The van der Waals surface area contributed by atoms with Crippen LogP contribution in [0.1, 0.15) is 30.5 Å². The smallest absolute Gasteiger partial charge is 0.222 e. The Kier molecular flexibility index (Phi) is 8.03. The number of nitrogens with zero attached hydrogens (tertiary/aromatic N) is 3. The van der Waals surface area contributed by atoms with Crippen LogP contribution in [-0.4, -0.2) is 29.0 Å². The van der Waals surface area contributed by atoms with Crippen LogP contribution in [0, 0.1) is 0 Å². The number of hydrogen-bond donors (Lipinski definition) is 1. The monoisotopic (exact) mass is 496 g/mol. The van der Waals surface area contributed by atoms with E-state index in [1.54, 1.807) is 18.4 Å². The predicted octanol–water partition coefficient (Wildman–Crippen LogP) is 5.85. The second-order valence-corrected chi connectivity index (χ2v) is 8.77. The fourth-order valence-corrected chi connectivity index (χ4v) is 4.28. The van der Waals surface area contributed by atoms with Crippen molar-refractivity contribution in [1.82, 2.24) is 15.3 Å². The molecule has 0 aliphatic heterocycles. The SMILES string of the molecule is CCc1nc(N(CCC(=O)NCc2ccco2)CCc2ccccc2)c2cc(Cl)cc(Cl)c2n1. The zero-order valence-corrected chi connectivity index (χ0v) is 20.4. The third-order valence-electron chi connectivity index (χ3n) is 5.52. The van der Waals surface area contributed by atoms with Crippen LogP contribution in [0.5, 0.6) is 0 Å². The first-order valence-corrected chi connectivity index (χ1v) is 12.0. The summed E-state index contributed by atoms with van der Waals surface area (Å²) < 4.78 is 5.30. The minimum Gasteiger partial charge on any atom is -0.467 e. The molecule has 2 aromatic heterocycles. The van der Waals surface area contributed by atoms with Crippen molar-refractivity contribution in [2.75, 3.05) is 18.0 Å². The number of anilines is 1. The molecule has 8 heteroatoms. The minimum atomic E-state index is -0.0637. The summed E-state index contributed by atoms with van der Waals surface area (Å²) in [6.45, 7) is 3.52. The molecule has 0 atom stereocenters. The van der Waals surface area contributed by atoms with Gasteiger partial charge in [0, 0.05) is 36.3 Å². The molecule has 0 spiro atoms. The van der Waals surface area contributed by atoms with Crippen molar-refractivity contribution in [1.29, 1.82) is 0 Å². The summed E-state index contributed by atoms with van der Waals surface area (Å²) in [5.74, 6) is 2.08. The van der Waals surface area contributed by atoms with Crippen molar-refractivity contribution >= 4 is 45.8 Å². The zero-order valence-electron chi connectivity index (χ0n) is 18.9. The molecule has 0 radical (unpaired) electrons. The zero-order chi connectivity index (χ0) is 23.9. The van der Waals surface area contributed by atoms with Crippen LogP contribution in [0.2, 0.25) is 10.0 Å². The number of amides is 1. The van der Waals surface area contributed by atoms with E-state index in [2.05, 4.69) is 27.3 Å². The van der Waals surface area contributed by atoms with Gasteiger partial charge in [0.2, 0.25) is 5.91 Å². The second kappa shape index (κ2) is 11.4. The van der Waals surface area contributed by atoms with E-state index >= 15 is 0 Å². The van der Waals surface area contributed by atoms with Crippen molar-refractivity contribution in [3.63, 3.8) is 0 Å². The van der Waals surface area contributed by atoms with Crippen LogP contribution in [0.4, 0.5) is 5.82 Å². The van der Waals surface area contributed by atoms with Gasteiger partial charge in [-0.2, -0.15) is 0 Å². The van der Waals surface area contributed by atoms with Gasteiger partial charge >= 0.3 is 0 Å². The van der Waals surface area contributed by atoms with Gasteiger partial charge < -0.3 is 14.6 Å². The summed E-state index contributed by atoms with van der Waals surface area (Å²) in [6.07, 6.45) is 3.36. The highest BCUT2D eigenvalue weighted by molar-refractivity contribution is 6.38. The molecule has 0 unspecified atom stereocenters. The molecule has 4 rings (SSSR count). The first kappa shape index (κ1) is 24.0. The van der Waals surface area contributed by atoms with Gasteiger partial charge in [0.25, 0.3) is 0 Å². The summed E-state index contributed by atoms with van der Waals surface area (Å²) in [4.78, 5) is 24.2. The molecule has 0 bridgehead atoms. The first-order chi connectivity index (χ1) is 16.5. The molecule has 1 N–H and O–H groups in total. The largest absolute Gasteiger partial charge is 0.467 e. The Labute approximate surface area is 208 Å². The number of benzene rings is 2. The Morgan fingerprint density at radius 2 is 1.88 bits per heavy atom. The lowest BCUT2D eigenvalue weighted by atomic mass is 10.1. The number of furan rings is 1. The number of carbonyl (C=O) groups excluding carboxylic acids is 1. The van der Waals surface area contributed by atoms with Gasteiger partial charge in [-0.15, -0.1) is 0 Å². The van der Waals surface area contributed by atoms with Gasteiger partial charge in [0.15, 0.2) is 0 Å². The van der Waals surface area contributed by atoms with Gasteiger partial charge in [-0.1, -0.05) is 60.5 Å². The Morgan fingerprint density at radius 1 is 1.06 bits per heavy atom. The number of carbonyl (C=O) groups is 1. The molecule has 34 heavy (non-hydrogen) atoms. The Bertz CT molecular complexity index is 1250. The van der Waals surface area contributed by atoms with Crippen molar-refractivity contribution in [2.24, 2.45) is 0 Å². The van der Waals surface area contributed by atoms with E-state index in [1.165, 1.54) is 5.56 Å². The van der Waals surface area contributed by atoms with Crippen LogP contribution in [0.15, 0.2) is 65.3 Å². The third-order valence-corrected chi connectivity index (χ3v) is 6.03. The van der Waals surface area contributed by atoms with Crippen molar-refractivity contribution in [2.45, 2.75) is 32.7 Å². The van der Waals surface area contributed by atoms with Crippen molar-refractivity contribution in [3.8, 4) is 0 Å². The summed E-state index contributed by atoms with van der Waals surface area (Å²) >= 11 is 12.8. The van der Waals surface area contributed by atoms with Crippen molar-refractivity contribution in [3.05, 3.63) is 88.1 Å². The average Bonchev–Trinajstić information content (AvgIpc) is 3.37. The van der Waals surface area contributed by atoms with E-state index in [-0.39, 0.29) is 5.91 Å². The predicted molar refractivity (Wildman–Crippen MR) is 136 cm³/mol. The molecule has 0 fully saturated rings. The second-order valence-electron chi connectivity index (χ2n) is 7.93. The molecule has 6 nitrogen and oxygen atoms in total.